The number of carbonyl (C=O) groups is 3. The van der Waals surface area contributed by atoms with Crippen molar-refractivity contribution in [3.05, 3.63) is 24.2 Å². The molecule has 2 aliphatic heterocycles. The Balaban J connectivity index is 1.57. The fourth-order valence-corrected chi connectivity index (χ4v) is 3.25. The monoisotopic (exact) mass is 336 g/mol. The lowest BCUT2D eigenvalue weighted by molar-refractivity contribution is -0.165. The van der Waals surface area contributed by atoms with E-state index in [1.807, 2.05) is 0 Å². The molecule has 2 saturated heterocycles. The van der Waals surface area contributed by atoms with Crippen molar-refractivity contribution in [2.75, 3.05) is 19.6 Å². The maximum atomic E-state index is 12.6. The molecular weight excluding hydrogens is 316 g/mol. The number of aliphatic hydroxyl groups is 1. The summed E-state index contributed by atoms with van der Waals surface area (Å²) in [5, 5.41) is 18.9. The van der Waals surface area contributed by atoms with Crippen LogP contribution < -0.4 is 0 Å². The summed E-state index contributed by atoms with van der Waals surface area (Å²) in [6.07, 6.45) is 1.70. The van der Waals surface area contributed by atoms with Gasteiger partial charge >= 0.3 is 5.97 Å². The number of amides is 2. The Morgan fingerprint density at radius 3 is 2.62 bits per heavy atom. The summed E-state index contributed by atoms with van der Waals surface area (Å²) in [5.41, 5.74) is -1.76. The minimum Gasteiger partial charge on any atom is -0.479 e. The predicted octanol–water partition coefficient (Wildman–Crippen LogP) is 0.0662. The van der Waals surface area contributed by atoms with Crippen molar-refractivity contribution in [3.8, 4) is 0 Å². The molecule has 1 atom stereocenters. The highest BCUT2D eigenvalue weighted by molar-refractivity contribution is 5.89. The zero-order valence-electron chi connectivity index (χ0n) is 13.2. The SMILES string of the molecule is O=C1CC(C(=O)N2CCC(O)(C(=O)O)CC2)CN1Cc1ccco1. The highest BCUT2D eigenvalue weighted by Crippen LogP contribution is 2.27. The van der Waals surface area contributed by atoms with E-state index in [2.05, 4.69) is 0 Å². The molecule has 24 heavy (non-hydrogen) atoms. The maximum Gasteiger partial charge on any atom is 0.335 e. The van der Waals surface area contributed by atoms with Crippen molar-refractivity contribution < 1.29 is 29.0 Å². The average Bonchev–Trinajstić information content (AvgIpc) is 3.18. The van der Waals surface area contributed by atoms with Gasteiger partial charge in [-0.2, -0.15) is 0 Å². The van der Waals surface area contributed by atoms with Gasteiger partial charge in [0, 0.05) is 38.9 Å². The first kappa shape index (κ1) is 16.5. The minimum atomic E-state index is -1.76. The Labute approximate surface area is 138 Å². The van der Waals surface area contributed by atoms with Gasteiger partial charge in [-0.05, 0) is 12.1 Å². The van der Waals surface area contributed by atoms with Crippen molar-refractivity contribution in [2.45, 2.75) is 31.4 Å². The van der Waals surface area contributed by atoms with Crippen LogP contribution in [0, 0.1) is 5.92 Å². The number of hydrogen-bond acceptors (Lipinski definition) is 5. The molecule has 0 aliphatic carbocycles. The molecule has 3 rings (SSSR count). The number of likely N-dealkylation sites (tertiary alicyclic amines) is 2. The molecule has 2 aliphatic rings. The van der Waals surface area contributed by atoms with Gasteiger partial charge in [0.1, 0.15) is 5.76 Å². The van der Waals surface area contributed by atoms with Crippen LogP contribution in [0.15, 0.2) is 22.8 Å². The third-order valence-electron chi connectivity index (χ3n) is 4.79. The smallest absolute Gasteiger partial charge is 0.335 e. The summed E-state index contributed by atoms with van der Waals surface area (Å²) in [4.78, 5) is 38.8. The van der Waals surface area contributed by atoms with Gasteiger partial charge < -0.3 is 24.4 Å². The number of carbonyl (C=O) groups excluding carboxylic acids is 2. The van der Waals surface area contributed by atoms with Crippen molar-refractivity contribution >= 4 is 17.8 Å². The summed E-state index contributed by atoms with van der Waals surface area (Å²) in [5.74, 6) is -1.26. The van der Waals surface area contributed by atoms with Gasteiger partial charge in [-0.1, -0.05) is 0 Å². The topological polar surface area (TPSA) is 111 Å². The van der Waals surface area contributed by atoms with E-state index in [-0.39, 0.29) is 44.2 Å². The van der Waals surface area contributed by atoms with Crippen LogP contribution in [-0.4, -0.2) is 63.0 Å². The van der Waals surface area contributed by atoms with Crippen LogP contribution in [0.4, 0.5) is 0 Å². The van der Waals surface area contributed by atoms with Gasteiger partial charge in [0.15, 0.2) is 5.60 Å². The fourth-order valence-electron chi connectivity index (χ4n) is 3.25. The van der Waals surface area contributed by atoms with Crippen molar-refractivity contribution in [1.29, 1.82) is 0 Å². The summed E-state index contributed by atoms with van der Waals surface area (Å²) < 4.78 is 5.23. The van der Waals surface area contributed by atoms with Gasteiger partial charge in [-0.15, -0.1) is 0 Å². The second kappa shape index (κ2) is 6.27. The molecule has 8 nitrogen and oxygen atoms in total. The first-order chi connectivity index (χ1) is 11.4. The Bertz CT molecular complexity index is 633. The van der Waals surface area contributed by atoms with Crippen molar-refractivity contribution in [1.82, 2.24) is 9.80 Å². The lowest BCUT2D eigenvalue weighted by atomic mass is 9.91. The fraction of sp³-hybridized carbons (Fsp3) is 0.562. The number of hydrogen-bond donors (Lipinski definition) is 2. The third-order valence-corrected chi connectivity index (χ3v) is 4.79. The molecule has 3 heterocycles. The summed E-state index contributed by atoms with van der Waals surface area (Å²) in [6, 6.07) is 3.52. The number of rotatable bonds is 4. The highest BCUT2D eigenvalue weighted by atomic mass is 16.4. The molecule has 0 aromatic carbocycles. The molecule has 1 aromatic rings. The minimum absolute atomic E-state index is 0.00481. The van der Waals surface area contributed by atoms with E-state index < -0.39 is 17.5 Å². The second-order valence-corrected chi connectivity index (χ2v) is 6.42. The van der Waals surface area contributed by atoms with Crippen LogP contribution >= 0.6 is 0 Å². The van der Waals surface area contributed by atoms with Gasteiger partial charge in [0.25, 0.3) is 0 Å². The molecule has 1 aromatic heterocycles. The largest absolute Gasteiger partial charge is 0.479 e. The van der Waals surface area contributed by atoms with Gasteiger partial charge in [-0.25, -0.2) is 4.79 Å². The molecular formula is C16H20N2O6. The Morgan fingerprint density at radius 1 is 1.33 bits per heavy atom. The quantitative estimate of drug-likeness (QED) is 0.805. The molecule has 0 saturated carbocycles. The van der Waals surface area contributed by atoms with E-state index in [0.717, 1.165) is 0 Å². The van der Waals surface area contributed by atoms with E-state index >= 15 is 0 Å². The molecule has 8 heteroatoms. The zero-order chi connectivity index (χ0) is 17.3. The van der Waals surface area contributed by atoms with Gasteiger partial charge in [0.2, 0.25) is 11.8 Å². The molecule has 2 amide bonds. The normalized spacial score (nSPS) is 23.5. The van der Waals surface area contributed by atoms with Gasteiger partial charge in [0.05, 0.1) is 18.7 Å². The van der Waals surface area contributed by atoms with Crippen LogP contribution in [0.1, 0.15) is 25.0 Å². The summed E-state index contributed by atoms with van der Waals surface area (Å²) in [7, 11) is 0. The lowest BCUT2D eigenvalue weighted by Gasteiger charge is -2.36. The van der Waals surface area contributed by atoms with Crippen LogP contribution in [-0.2, 0) is 20.9 Å². The standard InChI is InChI=1S/C16H20N2O6/c19-13-8-11(9-18(13)10-12-2-1-7-24-12)14(20)17-5-3-16(23,4-6-17)15(21)22/h1-2,7,11,23H,3-6,8-10H2,(H,21,22). The lowest BCUT2D eigenvalue weighted by Crippen LogP contribution is -2.52. The number of nitrogens with zero attached hydrogens (tertiary/aromatic N) is 2. The van der Waals surface area contributed by atoms with Crippen LogP contribution in [0.2, 0.25) is 0 Å². The van der Waals surface area contributed by atoms with E-state index in [0.29, 0.717) is 18.8 Å². The number of aliphatic carboxylic acids is 1. The molecule has 130 valence electrons. The van der Waals surface area contributed by atoms with E-state index in [9.17, 15) is 19.5 Å². The zero-order valence-corrected chi connectivity index (χ0v) is 13.2. The number of carboxylic acid groups (broad SMARTS) is 1. The van der Waals surface area contributed by atoms with Crippen molar-refractivity contribution in [2.24, 2.45) is 5.92 Å². The Kier molecular flexibility index (Phi) is 4.31. The van der Waals surface area contributed by atoms with E-state index in [4.69, 9.17) is 9.52 Å². The molecule has 0 radical (unpaired) electrons. The molecule has 0 bridgehead atoms. The predicted molar refractivity (Wildman–Crippen MR) is 80.6 cm³/mol. The van der Waals surface area contributed by atoms with Gasteiger partial charge in [-0.3, -0.25) is 9.59 Å². The first-order valence-electron chi connectivity index (χ1n) is 7.94. The van der Waals surface area contributed by atoms with Crippen LogP contribution in [0.3, 0.4) is 0 Å². The first-order valence-corrected chi connectivity index (χ1v) is 7.94. The number of carboxylic acids is 1. The summed E-state index contributed by atoms with van der Waals surface area (Å²) in [6.45, 7) is 1.04. The summed E-state index contributed by atoms with van der Waals surface area (Å²) >= 11 is 0. The maximum absolute atomic E-state index is 12.6. The third kappa shape index (κ3) is 3.14. The van der Waals surface area contributed by atoms with Crippen molar-refractivity contribution in [3.63, 3.8) is 0 Å². The van der Waals surface area contributed by atoms with E-state index in [1.165, 1.54) is 6.26 Å². The molecule has 2 fully saturated rings. The van der Waals surface area contributed by atoms with E-state index in [1.54, 1.807) is 21.9 Å². The Hall–Kier alpha value is -2.35. The van der Waals surface area contributed by atoms with Crippen LogP contribution in [0.5, 0.6) is 0 Å². The highest BCUT2D eigenvalue weighted by Gasteiger charge is 2.43. The molecule has 0 spiro atoms. The molecule has 2 N–H and O–H groups in total. The average molecular weight is 336 g/mol. The number of furan rings is 1. The Morgan fingerprint density at radius 2 is 2.04 bits per heavy atom. The molecule has 1 unspecified atom stereocenters. The second-order valence-electron chi connectivity index (χ2n) is 6.42. The van der Waals surface area contributed by atoms with Crippen LogP contribution in [0.25, 0.3) is 0 Å². The number of piperidine rings is 1.